The molecule has 2 aromatic heterocycles. The van der Waals surface area contributed by atoms with Crippen LogP contribution in [0.4, 0.5) is 24.8 Å². The lowest BCUT2D eigenvalue weighted by Gasteiger charge is -2.28. The molecule has 1 fully saturated rings. The van der Waals surface area contributed by atoms with Gasteiger partial charge in [0.1, 0.15) is 0 Å². The summed E-state index contributed by atoms with van der Waals surface area (Å²) in [6.45, 7) is 1.11. The van der Waals surface area contributed by atoms with Crippen LogP contribution in [0.1, 0.15) is 54.8 Å². The summed E-state index contributed by atoms with van der Waals surface area (Å²) in [5.74, 6) is 0.280. The molecule has 8 nitrogen and oxygen atoms in total. The Bertz CT molecular complexity index is 1160. The van der Waals surface area contributed by atoms with E-state index in [2.05, 4.69) is 26.1 Å². The van der Waals surface area contributed by atoms with Crippen LogP contribution < -0.4 is 11.1 Å². The number of fused-ring (bicyclic) bond motifs is 2. The molecule has 1 amide bonds. The number of nitrogens with zero attached hydrogens (tertiary/aromatic N) is 5. The molecule has 0 bridgehead atoms. The Hall–Kier alpha value is -3.21. The molecular weight excluding hydrogens is 447 g/mol. The van der Waals surface area contributed by atoms with Crippen LogP contribution in [-0.2, 0) is 23.9 Å². The van der Waals surface area contributed by atoms with Gasteiger partial charge >= 0.3 is 6.18 Å². The van der Waals surface area contributed by atoms with Crippen molar-refractivity contribution in [2.24, 2.45) is 5.73 Å². The van der Waals surface area contributed by atoms with Crippen LogP contribution in [0.5, 0.6) is 0 Å². The first kappa shape index (κ1) is 23.9. The average Bonchev–Trinajstić information content (AvgIpc) is 3.22. The van der Waals surface area contributed by atoms with Gasteiger partial charge in [-0.15, -0.1) is 0 Å². The molecule has 2 aliphatic rings. The van der Waals surface area contributed by atoms with Gasteiger partial charge in [-0.3, -0.25) is 4.79 Å². The standard InChI is InChI=1S/C22H25F3N6.CH3NO/c1-30-8-7-18-14(13-30)9-16(10-19(18)22(23,24)25)28-21-26-11-15-12-27-31(20(15)29-21)17-5-3-2-4-6-17;2-1-3/h9-12,17H,2-8,13H2,1H3,(H,26,28,29);1H,(H2,2,3). The fourth-order valence-corrected chi connectivity index (χ4v) is 4.78. The van der Waals surface area contributed by atoms with Gasteiger partial charge in [-0.25, -0.2) is 9.67 Å². The van der Waals surface area contributed by atoms with Gasteiger partial charge < -0.3 is 16.0 Å². The molecule has 34 heavy (non-hydrogen) atoms. The number of hydrogen-bond acceptors (Lipinski definition) is 6. The number of carbonyl (C=O) groups is 1. The summed E-state index contributed by atoms with van der Waals surface area (Å²) in [5.41, 5.74) is 5.75. The Morgan fingerprint density at radius 2 is 1.91 bits per heavy atom. The average molecular weight is 476 g/mol. The lowest BCUT2D eigenvalue weighted by atomic mass is 9.93. The van der Waals surface area contributed by atoms with Crippen molar-refractivity contribution in [2.75, 3.05) is 18.9 Å². The van der Waals surface area contributed by atoms with Crippen molar-refractivity contribution in [3.8, 4) is 0 Å². The number of benzene rings is 1. The first-order chi connectivity index (χ1) is 16.3. The van der Waals surface area contributed by atoms with Crippen LogP contribution in [-0.4, -0.2) is 44.7 Å². The molecule has 3 heterocycles. The second kappa shape index (κ2) is 9.96. The summed E-state index contributed by atoms with van der Waals surface area (Å²) in [6.07, 6.45) is 5.39. The zero-order chi connectivity index (χ0) is 24.3. The Balaban J connectivity index is 0.000000868. The maximum Gasteiger partial charge on any atom is 0.416 e. The van der Waals surface area contributed by atoms with E-state index in [1.54, 1.807) is 18.5 Å². The minimum atomic E-state index is -4.40. The first-order valence-electron chi connectivity index (χ1n) is 11.3. The van der Waals surface area contributed by atoms with Gasteiger partial charge in [0.05, 0.1) is 23.2 Å². The van der Waals surface area contributed by atoms with E-state index in [0.717, 1.165) is 23.9 Å². The number of aromatic nitrogens is 4. The van der Waals surface area contributed by atoms with Crippen molar-refractivity contribution in [3.05, 3.63) is 41.2 Å². The van der Waals surface area contributed by atoms with Crippen molar-refractivity contribution in [1.29, 1.82) is 0 Å². The Kier molecular flexibility index (Phi) is 7.01. The highest BCUT2D eigenvalue weighted by Crippen LogP contribution is 2.38. The minimum absolute atomic E-state index is 0.250. The molecule has 1 aromatic carbocycles. The van der Waals surface area contributed by atoms with Gasteiger partial charge in [0.15, 0.2) is 5.65 Å². The Morgan fingerprint density at radius 3 is 2.62 bits per heavy atom. The summed E-state index contributed by atoms with van der Waals surface area (Å²) >= 11 is 0. The predicted octanol–water partition coefficient (Wildman–Crippen LogP) is 4.18. The van der Waals surface area contributed by atoms with Crippen molar-refractivity contribution in [2.45, 2.75) is 57.3 Å². The third-order valence-electron chi connectivity index (χ3n) is 6.34. The number of alkyl halides is 3. The van der Waals surface area contributed by atoms with E-state index in [9.17, 15) is 13.2 Å². The van der Waals surface area contributed by atoms with E-state index in [0.29, 0.717) is 42.4 Å². The molecule has 0 unspecified atom stereocenters. The van der Waals surface area contributed by atoms with Crippen LogP contribution in [0, 0.1) is 0 Å². The van der Waals surface area contributed by atoms with Crippen molar-refractivity contribution in [1.82, 2.24) is 24.6 Å². The molecule has 3 N–H and O–H groups in total. The van der Waals surface area contributed by atoms with Crippen LogP contribution in [0.25, 0.3) is 11.0 Å². The molecular formula is C23H28F3N7O. The number of likely N-dealkylation sites (N-methyl/N-ethyl adjacent to an activating group) is 1. The van der Waals surface area contributed by atoms with Gasteiger partial charge in [0, 0.05) is 25.0 Å². The van der Waals surface area contributed by atoms with Gasteiger partial charge in [-0.2, -0.15) is 23.3 Å². The summed E-state index contributed by atoms with van der Waals surface area (Å²) in [7, 11) is 1.92. The number of carbonyl (C=O) groups excluding carboxylic acids is 1. The van der Waals surface area contributed by atoms with E-state index in [-0.39, 0.29) is 12.4 Å². The fourth-order valence-electron chi connectivity index (χ4n) is 4.78. The summed E-state index contributed by atoms with van der Waals surface area (Å²) < 4.78 is 43.1. The number of anilines is 2. The smallest absolute Gasteiger partial charge is 0.372 e. The van der Waals surface area contributed by atoms with Crippen molar-refractivity contribution >= 4 is 29.1 Å². The number of halogens is 3. The van der Waals surface area contributed by atoms with Gasteiger partial charge in [0.2, 0.25) is 12.4 Å². The van der Waals surface area contributed by atoms with Crippen LogP contribution in [0.15, 0.2) is 24.5 Å². The molecule has 0 atom stereocenters. The molecule has 1 saturated carbocycles. The predicted molar refractivity (Wildman–Crippen MR) is 122 cm³/mol. The Morgan fingerprint density at radius 1 is 1.18 bits per heavy atom. The van der Waals surface area contributed by atoms with E-state index in [1.165, 1.54) is 25.3 Å². The van der Waals surface area contributed by atoms with Gasteiger partial charge in [-0.1, -0.05) is 19.3 Å². The number of nitrogens with one attached hydrogen (secondary N) is 1. The molecule has 3 aromatic rings. The summed E-state index contributed by atoms with van der Waals surface area (Å²) in [5, 5.41) is 8.36. The van der Waals surface area contributed by atoms with Gasteiger partial charge in [-0.05, 0) is 49.6 Å². The van der Waals surface area contributed by atoms with Crippen LogP contribution in [0.2, 0.25) is 0 Å². The SMILES string of the molecule is CN1CCc2c(cc(Nc3ncc4cnn(C5CCCCC5)c4n3)cc2C(F)(F)F)C1.NC=O. The number of rotatable bonds is 3. The monoisotopic (exact) mass is 475 g/mol. The molecule has 1 aliphatic heterocycles. The van der Waals surface area contributed by atoms with E-state index in [1.807, 2.05) is 16.6 Å². The third-order valence-corrected chi connectivity index (χ3v) is 6.34. The van der Waals surface area contributed by atoms with Crippen LogP contribution >= 0.6 is 0 Å². The lowest BCUT2D eigenvalue weighted by Crippen LogP contribution is -2.28. The maximum atomic E-state index is 13.7. The van der Waals surface area contributed by atoms with Gasteiger partial charge in [0.25, 0.3) is 0 Å². The van der Waals surface area contributed by atoms with Crippen molar-refractivity contribution in [3.63, 3.8) is 0 Å². The van der Waals surface area contributed by atoms with E-state index >= 15 is 0 Å². The third kappa shape index (κ3) is 5.14. The van der Waals surface area contributed by atoms with Crippen LogP contribution in [0.3, 0.4) is 0 Å². The summed E-state index contributed by atoms with van der Waals surface area (Å²) in [6, 6.07) is 3.27. The summed E-state index contributed by atoms with van der Waals surface area (Å²) in [4.78, 5) is 19.5. The largest absolute Gasteiger partial charge is 0.416 e. The molecule has 0 saturated heterocycles. The number of amides is 1. The second-order valence-electron chi connectivity index (χ2n) is 8.76. The number of hydrogen-bond donors (Lipinski definition) is 2. The molecule has 0 spiro atoms. The Labute approximate surface area is 195 Å². The van der Waals surface area contributed by atoms with E-state index < -0.39 is 11.7 Å². The topological polar surface area (TPSA) is 102 Å². The zero-order valence-electron chi connectivity index (χ0n) is 19.0. The molecule has 5 rings (SSSR count). The normalized spacial score (nSPS) is 17.1. The van der Waals surface area contributed by atoms with E-state index in [4.69, 9.17) is 4.79 Å². The lowest BCUT2D eigenvalue weighted by molar-refractivity contribution is -0.138. The highest BCUT2D eigenvalue weighted by atomic mass is 19.4. The molecule has 11 heteroatoms. The first-order valence-corrected chi connectivity index (χ1v) is 11.3. The van der Waals surface area contributed by atoms with Crippen molar-refractivity contribution < 1.29 is 18.0 Å². The minimum Gasteiger partial charge on any atom is -0.372 e. The molecule has 0 radical (unpaired) electrons. The maximum absolute atomic E-state index is 13.7. The highest BCUT2D eigenvalue weighted by molar-refractivity contribution is 5.75. The second-order valence-corrected chi connectivity index (χ2v) is 8.76. The highest BCUT2D eigenvalue weighted by Gasteiger charge is 2.36. The molecule has 1 aliphatic carbocycles. The fraction of sp³-hybridized carbons (Fsp3) is 0.478. The quantitative estimate of drug-likeness (QED) is 0.551. The zero-order valence-corrected chi connectivity index (χ0v) is 19.0. The molecule has 182 valence electrons. The number of primary amides is 1. The number of nitrogens with two attached hydrogens (primary N) is 1.